The van der Waals surface area contributed by atoms with Crippen molar-refractivity contribution in [2.45, 2.75) is 58.3 Å². The highest BCUT2D eigenvalue weighted by Gasteiger charge is 2.48. The Balaban J connectivity index is 2.33. The van der Waals surface area contributed by atoms with Crippen molar-refractivity contribution >= 4 is 0 Å². The fourth-order valence-corrected chi connectivity index (χ4v) is 2.12. The molecule has 1 saturated heterocycles. The summed E-state index contributed by atoms with van der Waals surface area (Å²) in [7, 11) is 0. The molecule has 1 aliphatic heterocycles. The third-order valence-corrected chi connectivity index (χ3v) is 3.23. The van der Waals surface area contributed by atoms with Crippen LogP contribution in [0.2, 0.25) is 0 Å². The zero-order valence-corrected chi connectivity index (χ0v) is 9.94. The van der Waals surface area contributed by atoms with Crippen molar-refractivity contribution in [3.8, 4) is 12.3 Å². The lowest BCUT2D eigenvalue weighted by molar-refractivity contribution is 0.0867. The maximum Gasteiger partial charge on any atom is 0.111 e. The van der Waals surface area contributed by atoms with Gasteiger partial charge in [-0.25, -0.2) is 0 Å². The Morgan fingerprint density at radius 3 is 2.60 bits per heavy atom. The fourth-order valence-electron chi connectivity index (χ4n) is 2.12. The Morgan fingerprint density at radius 1 is 1.40 bits per heavy atom. The maximum atomic E-state index is 9.96. The molecule has 0 saturated carbocycles. The summed E-state index contributed by atoms with van der Waals surface area (Å²) in [6.45, 7) is 6.34. The van der Waals surface area contributed by atoms with E-state index in [9.17, 15) is 5.11 Å². The molecule has 1 N–H and O–H groups in total. The Labute approximate surface area is 93.0 Å². The van der Waals surface area contributed by atoms with Crippen LogP contribution in [-0.4, -0.2) is 23.4 Å². The van der Waals surface area contributed by atoms with Crippen molar-refractivity contribution in [2.24, 2.45) is 11.8 Å². The summed E-state index contributed by atoms with van der Waals surface area (Å²) in [6, 6.07) is 0. The topological polar surface area (TPSA) is 32.8 Å². The van der Waals surface area contributed by atoms with Gasteiger partial charge in [-0.3, -0.25) is 0 Å². The van der Waals surface area contributed by atoms with Gasteiger partial charge in [0.2, 0.25) is 0 Å². The highest BCUT2D eigenvalue weighted by atomic mass is 16.6. The van der Waals surface area contributed by atoms with Gasteiger partial charge in [-0.2, -0.15) is 0 Å². The number of rotatable bonds is 6. The predicted octanol–water partition coefficient (Wildman–Crippen LogP) is 2.21. The number of terminal acetylenes is 1. The van der Waals surface area contributed by atoms with Gasteiger partial charge in [-0.15, -0.1) is 12.3 Å². The Kier molecular flexibility index (Phi) is 4.63. The van der Waals surface area contributed by atoms with Crippen molar-refractivity contribution in [3.63, 3.8) is 0 Å². The van der Waals surface area contributed by atoms with Crippen LogP contribution >= 0.6 is 0 Å². The predicted molar refractivity (Wildman–Crippen MR) is 61.4 cm³/mol. The van der Waals surface area contributed by atoms with E-state index in [0.717, 1.165) is 6.42 Å². The summed E-state index contributed by atoms with van der Waals surface area (Å²) in [5.74, 6) is 3.27. The highest BCUT2D eigenvalue weighted by molar-refractivity contribution is 4.98. The van der Waals surface area contributed by atoms with E-state index in [4.69, 9.17) is 11.2 Å². The van der Waals surface area contributed by atoms with Gasteiger partial charge in [-0.1, -0.05) is 27.2 Å². The van der Waals surface area contributed by atoms with Crippen LogP contribution in [-0.2, 0) is 4.74 Å². The summed E-state index contributed by atoms with van der Waals surface area (Å²) in [5.41, 5.74) is 0. The van der Waals surface area contributed by atoms with Crippen LogP contribution in [0.25, 0.3) is 0 Å². The van der Waals surface area contributed by atoms with E-state index in [2.05, 4.69) is 19.8 Å². The van der Waals surface area contributed by atoms with Crippen LogP contribution in [0, 0.1) is 24.2 Å². The first-order valence-corrected chi connectivity index (χ1v) is 5.88. The molecular formula is C13H22O2. The van der Waals surface area contributed by atoms with Crippen LogP contribution in [0.3, 0.4) is 0 Å². The molecule has 2 heteroatoms. The summed E-state index contributed by atoms with van der Waals surface area (Å²) >= 11 is 0. The van der Waals surface area contributed by atoms with Gasteiger partial charge in [0.25, 0.3) is 0 Å². The summed E-state index contributed by atoms with van der Waals surface area (Å²) in [4.78, 5) is 0. The van der Waals surface area contributed by atoms with E-state index in [-0.39, 0.29) is 18.1 Å². The monoisotopic (exact) mass is 210 g/mol. The van der Waals surface area contributed by atoms with Crippen molar-refractivity contribution < 1.29 is 9.84 Å². The summed E-state index contributed by atoms with van der Waals surface area (Å²) < 4.78 is 5.54. The van der Waals surface area contributed by atoms with Crippen molar-refractivity contribution in [3.05, 3.63) is 0 Å². The number of ether oxygens (including phenoxy) is 1. The van der Waals surface area contributed by atoms with Gasteiger partial charge in [-0.05, 0) is 18.3 Å². The number of epoxide rings is 1. The number of aliphatic hydroxyl groups excluding tert-OH is 1. The normalized spacial score (nSPS) is 30.3. The first-order valence-electron chi connectivity index (χ1n) is 5.88. The minimum Gasteiger partial charge on any atom is -0.390 e. The van der Waals surface area contributed by atoms with E-state index in [1.165, 1.54) is 6.42 Å². The SMILES string of the molecule is C#CC[C@@H](C)[C@H](O)[C@H]1O[C@@H]1[C@@H](C)CCC. The van der Waals surface area contributed by atoms with Gasteiger partial charge in [0.15, 0.2) is 0 Å². The molecule has 86 valence electrons. The fraction of sp³-hybridized carbons (Fsp3) is 0.846. The quantitative estimate of drug-likeness (QED) is 0.538. The zero-order chi connectivity index (χ0) is 11.4. The van der Waals surface area contributed by atoms with Crippen LogP contribution in [0.5, 0.6) is 0 Å². The van der Waals surface area contributed by atoms with Crippen LogP contribution in [0.1, 0.15) is 40.0 Å². The lowest BCUT2D eigenvalue weighted by Crippen LogP contribution is -2.26. The van der Waals surface area contributed by atoms with Crippen LogP contribution in [0.15, 0.2) is 0 Å². The molecule has 1 fully saturated rings. The van der Waals surface area contributed by atoms with E-state index in [0.29, 0.717) is 12.3 Å². The van der Waals surface area contributed by atoms with Crippen LogP contribution in [0.4, 0.5) is 0 Å². The summed E-state index contributed by atoms with van der Waals surface area (Å²) in [6.07, 6.45) is 8.06. The van der Waals surface area contributed by atoms with Gasteiger partial charge in [0.1, 0.15) is 6.10 Å². The number of hydrogen-bond acceptors (Lipinski definition) is 2. The molecule has 0 spiro atoms. The lowest BCUT2D eigenvalue weighted by Gasteiger charge is -2.15. The smallest absolute Gasteiger partial charge is 0.111 e. The molecule has 0 aromatic rings. The average molecular weight is 210 g/mol. The molecule has 5 atom stereocenters. The van der Waals surface area contributed by atoms with Crippen molar-refractivity contribution in [2.75, 3.05) is 0 Å². The lowest BCUT2D eigenvalue weighted by atomic mass is 9.92. The Bertz CT molecular complexity index is 231. The van der Waals surface area contributed by atoms with Crippen molar-refractivity contribution in [1.82, 2.24) is 0 Å². The van der Waals surface area contributed by atoms with Gasteiger partial charge in [0, 0.05) is 6.42 Å². The van der Waals surface area contributed by atoms with E-state index < -0.39 is 6.10 Å². The van der Waals surface area contributed by atoms with E-state index >= 15 is 0 Å². The van der Waals surface area contributed by atoms with E-state index in [1.54, 1.807) is 0 Å². The molecular weight excluding hydrogens is 188 g/mol. The van der Waals surface area contributed by atoms with Gasteiger partial charge < -0.3 is 9.84 Å². The second-order valence-corrected chi connectivity index (χ2v) is 4.71. The number of hydrogen-bond donors (Lipinski definition) is 1. The Morgan fingerprint density at radius 2 is 2.07 bits per heavy atom. The van der Waals surface area contributed by atoms with Crippen molar-refractivity contribution in [1.29, 1.82) is 0 Å². The van der Waals surface area contributed by atoms with Gasteiger partial charge >= 0.3 is 0 Å². The second kappa shape index (κ2) is 5.53. The molecule has 15 heavy (non-hydrogen) atoms. The van der Waals surface area contributed by atoms with Crippen LogP contribution < -0.4 is 0 Å². The third-order valence-electron chi connectivity index (χ3n) is 3.23. The summed E-state index contributed by atoms with van der Waals surface area (Å²) in [5, 5.41) is 9.96. The Hall–Kier alpha value is -0.520. The number of aliphatic hydroxyl groups is 1. The first kappa shape index (κ1) is 12.5. The molecule has 0 aromatic carbocycles. The minimum absolute atomic E-state index is 0.0231. The molecule has 0 aliphatic carbocycles. The molecule has 2 nitrogen and oxygen atoms in total. The van der Waals surface area contributed by atoms with Gasteiger partial charge in [0.05, 0.1) is 12.2 Å². The third kappa shape index (κ3) is 3.22. The molecule has 0 aromatic heterocycles. The molecule has 1 aliphatic rings. The standard InChI is InChI=1S/C13H22O2/c1-5-7-9(3)11(14)13-12(15-13)10(4)8-6-2/h1,9-14H,6-8H2,2-4H3/t9-,10+,11+,12-,13-/m1/s1. The largest absolute Gasteiger partial charge is 0.390 e. The maximum absolute atomic E-state index is 9.96. The first-order chi connectivity index (χ1) is 7.11. The zero-order valence-electron chi connectivity index (χ0n) is 9.94. The molecule has 0 bridgehead atoms. The highest BCUT2D eigenvalue weighted by Crippen LogP contribution is 2.36. The average Bonchev–Trinajstić information content (AvgIpc) is 2.97. The molecule has 1 heterocycles. The molecule has 1 rings (SSSR count). The molecule has 0 amide bonds. The second-order valence-electron chi connectivity index (χ2n) is 4.71. The molecule has 0 unspecified atom stereocenters. The van der Waals surface area contributed by atoms with E-state index in [1.807, 2.05) is 6.92 Å². The molecule has 0 radical (unpaired) electrons. The minimum atomic E-state index is -0.398.